The molecule has 0 aromatic carbocycles. The number of nitrogen functional groups attached to an aromatic ring is 1. The van der Waals surface area contributed by atoms with Crippen LogP contribution < -0.4 is 5.73 Å². The first-order chi connectivity index (χ1) is 2.89. The maximum absolute atomic E-state index is 5.05. The van der Waals surface area contributed by atoms with Crippen LogP contribution >= 0.6 is 0 Å². The molecule has 1 aromatic rings. The lowest BCUT2D eigenvalue weighted by Gasteiger charge is -1.68. The molecule has 0 saturated heterocycles. The maximum Gasteiger partial charge on any atom is 0.215 e. The first-order valence-corrected chi connectivity index (χ1v) is 1.50. The monoisotopic (exact) mass is 87.0 g/mol. The van der Waals surface area contributed by atoms with Crippen LogP contribution in [0.25, 0.3) is 0 Å². The van der Waals surface area contributed by atoms with Crippen LogP contribution in [0.2, 0.25) is 0 Å². The van der Waals surface area contributed by atoms with E-state index in [1.165, 1.54) is 6.33 Å². The van der Waals surface area contributed by atoms with E-state index < -0.39 is 0 Å². The standard InChI is InChI=1S/C2H4N4/c3-2-4-1-5-6-2/h1H,(H3,3,4,5,6)/i1+1,5+1,6+1. The SMILES string of the molecule is Nc1n[13cH][15n][15nH]1. The molecular weight excluding hydrogens is 83.0 g/mol. The number of H-pyrrole nitrogens is 1. The molecule has 0 atom stereocenters. The van der Waals surface area contributed by atoms with Crippen molar-refractivity contribution in [1.29, 1.82) is 0 Å². The summed E-state index contributed by atoms with van der Waals surface area (Å²) in [5.74, 6) is 0.356. The van der Waals surface area contributed by atoms with Gasteiger partial charge in [0.05, 0.1) is 0 Å². The lowest BCUT2D eigenvalue weighted by Crippen LogP contribution is -1.84. The van der Waals surface area contributed by atoms with Gasteiger partial charge in [0, 0.05) is 0 Å². The van der Waals surface area contributed by atoms with Gasteiger partial charge in [-0.15, -0.1) is 0 Å². The zero-order valence-corrected chi connectivity index (χ0v) is 3.05. The zero-order valence-electron chi connectivity index (χ0n) is 3.05. The summed E-state index contributed by atoms with van der Waals surface area (Å²) in [6.07, 6.45) is 1.36. The van der Waals surface area contributed by atoms with E-state index in [4.69, 9.17) is 5.73 Å². The summed E-state index contributed by atoms with van der Waals surface area (Å²) in [5, 5.41) is 5.88. The molecule has 4 heteroatoms. The van der Waals surface area contributed by atoms with E-state index >= 15 is 0 Å². The summed E-state index contributed by atoms with van der Waals surface area (Å²) in [4.78, 5) is 3.53. The van der Waals surface area contributed by atoms with Gasteiger partial charge in [-0.3, -0.25) is 0 Å². The summed E-state index contributed by atoms with van der Waals surface area (Å²) in [5.41, 5.74) is 5.05. The van der Waals surface area contributed by atoms with Crippen molar-refractivity contribution in [3.8, 4) is 0 Å². The van der Waals surface area contributed by atoms with E-state index in [2.05, 4.69) is 15.2 Å². The van der Waals surface area contributed by atoms with E-state index in [0.29, 0.717) is 5.95 Å². The van der Waals surface area contributed by atoms with E-state index in [9.17, 15) is 0 Å². The smallest absolute Gasteiger partial charge is 0.215 e. The third kappa shape index (κ3) is 0.314. The number of aromatic amines is 1. The molecule has 4 nitrogen and oxygen atoms in total. The predicted octanol–water partition coefficient (Wildman–Crippen LogP) is -0.613. The van der Waals surface area contributed by atoms with Gasteiger partial charge in [0.15, 0.2) is 0 Å². The Labute approximate surface area is 34.4 Å². The van der Waals surface area contributed by atoms with Gasteiger partial charge in [-0.05, 0) is 0 Å². The number of rotatable bonds is 0. The Morgan fingerprint density at radius 3 is 2.83 bits per heavy atom. The van der Waals surface area contributed by atoms with Crippen molar-refractivity contribution in [2.45, 2.75) is 0 Å². The van der Waals surface area contributed by atoms with Gasteiger partial charge in [-0.2, -0.15) is 5.10 Å². The van der Waals surface area contributed by atoms with E-state index in [-0.39, 0.29) is 0 Å². The lowest BCUT2D eigenvalue weighted by atomic mass is 11.2. The molecule has 0 aliphatic heterocycles. The number of nitrogens with two attached hydrogens (primary N) is 1. The van der Waals surface area contributed by atoms with Crippen LogP contribution in [-0.2, 0) is 0 Å². The van der Waals surface area contributed by atoms with Crippen LogP contribution in [0.5, 0.6) is 0 Å². The van der Waals surface area contributed by atoms with Crippen molar-refractivity contribution in [3.05, 3.63) is 6.33 Å². The Morgan fingerprint density at radius 2 is 2.67 bits per heavy atom. The Hall–Kier alpha value is -1.06. The molecule has 0 radical (unpaired) electrons. The van der Waals surface area contributed by atoms with Crippen LogP contribution in [0, 0.1) is 0 Å². The first-order valence-electron chi connectivity index (χ1n) is 1.50. The fourth-order valence-corrected chi connectivity index (χ4v) is 0.215. The van der Waals surface area contributed by atoms with Gasteiger partial charge in [0.25, 0.3) is 0 Å². The molecule has 0 amide bonds. The van der Waals surface area contributed by atoms with Crippen LogP contribution in [0.4, 0.5) is 5.95 Å². The fraction of sp³-hybridized carbons (Fsp3) is 0. The lowest BCUT2D eigenvalue weighted by molar-refractivity contribution is 1.10. The maximum atomic E-state index is 5.05. The number of aromatic nitrogens is 3. The molecule has 0 bridgehead atoms. The number of anilines is 1. The van der Waals surface area contributed by atoms with Gasteiger partial charge < -0.3 is 5.73 Å². The van der Waals surface area contributed by atoms with Crippen LogP contribution in [0.1, 0.15) is 0 Å². The molecule has 3 N–H and O–H groups in total. The van der Waals surface area contributed by atoms with E-state index in [1.54, 1.807) is 0 Å². The van der Waals surface area contributed by atoms with Crippen molar-refractivity contribution >= 4 is 5.95 Å². The predicted molar refractivity (Wildman–Crippen MR) is 20.8 cm³/mol. The highest BCUT2D eigenvalue weighted by Crippen LogP contribution is 1.76. The van der Waals surface area contributed by atoms with Crippen molar-refractivity contribution in [2.75, 3.05) is 5.73 Å². The topological polar surface area (TPSA) is 67.6 Å². The molecule has 32 valence electrons. The molecule has 0 fully saturated rings. The zero-order chi connectivity index (χ0) is 4.41. The first kappa shape index (κ1) is 3.14. The van der Waals surface area contributed by atoms with Crippen LogP contribution in [-0.4, -0.2) is 15.2 Å². The Balaban J connectivity index is 3.05. The minimum absolute atomic E-state index is 0.356. The molecule has 6 heavy (non-hydrogen) atoms. The van der Waals surface area contributed by atoms with Crippen molar-refractivity contribution < 1.29 is 0 Å². The van der Waals surface area contributed by atoms with E-state index in [1.807, 2.05) is 0 Å². The van der Waals surface area contributed by atoms with Gasteiger partial charge in [-0.25, -0.2) is 10.1 Å². The average molecular weight is 87.1 g/mol. The highest BCUT2D eigenvalue weighted by atomic mass is 16.1. The average Bonchev–Trinajstić information content (AvgIpc) is 1.86. The highest BCUT2D eigenvalue weighted by molar-refractivity contribution is 5.07. The minimum Gasteiger partial charge on any atom is -0.368 e. The Kier molecular flexibility index (Phi) is 0.506. The summed E-state index contributed by atoms with van der Waals surface area (Å²) >= 11 is 0. The van der Waals surface area contributed by atoms with Crippen molar-refractivity contribution in [1.82, 2.24) is 15.2 Å². The normalized spacial score (nSPS) is 8.67. The van der Waals surface area contributed by atoms with Gasteiger partial charge in [0.1, 0.15) is 6.33 Å². The Bertz CT molecular complexity index is 109. The molecule has 0 saturated carbocycles. The number of nitrogens with one attached hydrogen (secondary N) is 1. The molecule has 1 heterocycles. The Morgan fingerprint density at radius 1 is 1.83 bits per heavy atom. The van der Waals surface area contributed by atoms with Gasteiger partial charge >= 0.3 is 0 Å². The summed E-state index contributed by atoms with van der Waals surface area (Å²) in [6, 6.07) is 0. The summed E-state index contributed by atoms with van der Waals surface area (Å²) in [6.45, 7) is 0. The molecule has 1 aromatic heterocycles. The highest BCUT2D eigenvalue weighted by Gasteiger charge is 1.75. The molecule has 0 aliphatic carbocycles. The largest absolute Gasteiger partial charge is 0.368 e. The van der Waals surface area contributed by atoms with Crippen molar-refractivity contribution in [2.24, 2.45) is 0 Å². The second-order valence-electron chi connectivity index (χ2n) is 0.871. The molecular formula is C2H4N4. The van der Waals surface area contributed by atoms with E-state index in [0.717, 1.165) is 0 Å². The van der Waals surface area contributed by atoms with Gasteiger partial charge in [0.2, 0.25) is 5.95 Å². The second kappa shape index (κ2) is 0.965. The number of hydrogen-bond donors (Lipinski definition) is 2. The van der Waals surface area contributed by atoms with Crippen LogP contribution in [0.3, 0.4) is 0 Å². The molecule has 0 aliphatic rings. The van der Waals surface area contributed by atoms with Crippen molar-refractivity contribution in [3.63, 3.8) is 0 Å². The fourth-order valence-electron chi connectivity index (χ4n) is 0.215. The van der Waals surface area contributed by atoms with Gasteiger partial charge in [-0.1, -0.05) is 0 Å². The third-order valence-corrected chi connectivity index (χ3v) is 0.434. The van der Waals surface area contributed by atoms with Crippen LogP contribution in [0.15, 0.2) is 6.33 Å². The molecule has 0 spiro atoms. The molecule has 0 unspecified atom stereocenters. The second-order valence-corrected chi connectivity index (χ2v) is 0.871. The quantitative estimate of drug-likeness (QED) is 0.443. The number of nitrogens with zero attached hydrogens (tertiary/aromatic N) is 2. The number of hydrogen-bond acceptors (Lipinski definition) is 3. The summed E-state index contributed by atoms with van der Waals surface area (Å²) < 4.78 is 0. The molecule has 1 rings (SSSR count). The minimum atomic E-state index is 0.356. The third-order valence-electron chi connectivity index (χ3n) is 0.434. The summed E-state index contributed by atoms with van der Waals surface area (Å²) in [7, 11) is 0.